The van der Waals surface area contributed by atoms with Gasteiger partial charge in [-0.3, -0.25) is 9.69 Å². The summed E-state index contributed by atoms with van der Waals surface area (Å²) in [4.78, 5) is 14.5. The molecule has 2 fully saturated rings. The summed E-state index contributed by atoms with van der Waals surface area (Å²) < 4.78 is 1.38. The summed E-state index contributed by atoms with van der Waals surface area (Å²) in [6, 6.07) is 0.958. The van der Waals surface area contributed by atoms with Crippen LogP contribution in [0.1, 0.15) is 32.6 Å². The van der Waals surface area contributed by atoms with Gasteiger partial charge in [-0.05, 0) is 32.7 Å². The quantitative estimate of drug-likeness (QED) is 0.926. The van der Waals surface area contributed by atoms with E-state index in [1.54, 1.807) is 6.20 Å². The fraction of sp³-hybridized carbons (Fsp3) is 0.714. The first-order valence-electron chi connectivity index (χ1n) is 7.47. The molecule has 0 aromatic carbocycles. The standard InChI is InChI=1S/C14H21ClN4O/c1-2-19-14(20)13(15)11(9-16-19)17-10-6-8-18-7-4-3-5-12(10)18/h9-10,12,17H,2-8H2,1H3. The Morgan fingerprint density at radius 3 is 3.05 bits per heavy atom. The van der Waals surface area contributed by atoms with Crippen LogP contribution in [0.15, 0.2) is 11.0 Å². The van der Waals surface area contributed by atoms with Crippen LogP contribution >= 0.6 is 11.6 Å². The second-order valence-corrected chi connectivity index (χ2v) is 6.01. The molecule has 20 heavy (non-hydrogen) atoms. The third-order valence-corrected chi connectivity index (χ3v) is 4.85. The van der Waals surface area contributed by atoms with E-state index in [1.807, 2.05) is 6.92 Å². The number of fused-ring (bicyclic) bond motifs is 1. The minimum Gasteiger partial charge on any atom is -0.378 e. The lowest BCUT2D eigenvalue weighted by Crippen LogP contribution is -2.42. The van der Waals surface area contributed by atoms with Gasteiger partial charge in [-0.1, -0.05) is 18.0 Å². The van der Waals surface area contributed by atoms with Gasteiger partial charge in [0.15, 0.2) is 0 Å². The van der Waals surface area contributed by atoms with Gasteiger partial charge in [0.05, 0.1) is 11.9 Å². The summed E-state index contributed by atoms with van der Waals surface area (Å²) in [6.07, 6.45) is 6.62. The van der Waals surface area contributed by atoms with E-state index in [1.165, 1.54) is 30.5 Å². The van der Waals surface area contributed by atoms with Crippen molar-refractivity contribution in [3.05, 3.63) is 21.6 Å². The number of nitrogens with one attached hydrogen (secondary N) is 1. The Bertz CT molecular complexity index is 544. The molecule has 0 aliphatic carbocycles. The maximum Gasteiger partial charge on any atom is 0.287 e. The fourth-order valence-electron chi connectivity index (χ4n) is 3.41. The molecule has 2 atom stereocenters. The van der Waals surface area contributed by atoms with Crippen molar-refractivity contribution in [1.82, 2.24) is 14.7 Å². The molecular weight excluding hydrogens is 276 g/mol. The Kier molecular flexibility index (Phi) is 3.98. The Morgan fingerprint density at radius 2 is 2.25 bits per heavy atom. The minimum atomic E-state index is -0.210. The van der Waals surface area contributed by atoms with E-state index < -0.39 is 0 Å². The molecule has 1 aromatic heterocycles. The number of aryl methyl sites for hydroxylation is 1. The molecule has 6 heteroatoms. The summed E-state index contributed by atoms with van der Waals surface area (Å²) in [5, 5.41) is 7.86. The molecule has 2 saturated heterocycles. The van der Waals surface area contributed by atoms with Crippen LogP contribution in [0.3, 0.4) is 0 Å². The van der Waals surface area contributed by atoms with Gasteiger partial charge in [-0.15, -0.1) is 0 Å². The van der Waals surface area contributed by atoms with E-state index in [4.69, 9.17) is 11.6 Å². The first-order valence-corrected chi connectivity index (χ1v) is 7.84. The van der Waals surface area contributed by atoms with Gasteiger partial charge in [-0.2, -0.15) is 5.10 Å². The third kappa shape index (κ3) is 2.44. The first-order chi connectivity index (χ1) is 9.70. The van der Waals surface area contributed by atoms with Gasteiger partial charge in [0.2, 0.25) is 0 Å². The van der Waals surface area contributed by atoms with Gasteiger partial charge in [0.25, 0.3) is 5.56 Å². The number of piperidine rings is 1. The number of aromatic nitrogens is 2. The first kappa shape index (κ1) is 13.9. The molecule has 0 saturated carbocycles. The highest BCUT2D eigenvalue weighted by atomic mass is 35.5. The van der Waals surface area contributed by atoms with Crippen LogP contribution < -0.4 is 10.9 Å². The minimum absolute atomic E-state index is 0.210. The third-order valence-electron chi connectivity index (χ3n) is 4.48. The zero-order chi connectivity index (χ0) is 14.1. The Labute approximate surface area is 123 Å². The summed E-state index contributed by atoms with van der Waals surface area (Å²) >= 11 is 6.18. The molecule has 0 radical (unpaired) electrons. The van der Waals surface area contributed by atoms with Crippen LogP contribution in [-0.2, 0) is 6.54 Å². The predicted molar refractivity (Wildman–Crippen MR) is 80.4 cm³/mol. The van der Waals surface area contributed by atoms with E-state index in [-0.39, 0.29) is 10.6 Å². The monoisotopic (exact) mass is 296 g/mol. The number of rotatable bonds is 3. The molecule has 0 bridgehead atoms. The smallest absolute Gasteiger partial charge is 0.287 e. The highest BCUT2D eigenvalue weighted by Crippen LogP contribution is 2.30. The Hall–Kier alpha value is -1.07. The van der Waals surface area contributed by atoms with Crippen LogP contribution in [0.25, 0.3) is 0 Å². The largest absolute Gasteiger partial charge is 0.378 e. The van der Waals surface area contributed by atoms with Crippen molar-refractivity contribution >= 4 is 17.3 Å². The van der Waals surface area contributed by atoms with Crippen molar-refractivity contribution < 1.29 is 0 Å². The summed E-state index contributed by atoms with van der Waals surface area (Å²) in [5.74, 6) is 0. The second kappa shape index (κ2) is 5.74. The van der Waals surface area contributed by atoms with E-state index in [0.717, 1.165) is 13.0 Å². The van der Waals surface area contributed by atoms with Crippen molar-refractivity contribution in [2.45, 2.75) is 51.2 Å². The van der Waals surface area contributed by atoms with Crippen LogP contribution in [-0.4, -0.2) is 39.9 Å². The van der Waals surface area contributed by atoms with Crippen molar-refractivity contribution in [3.8, 4) is 0 Å². The maximum atomic E-state index is 12.0. The number of hydrogen-bond acceptors (Lipinski definition) is 4. The molecule has 0 spiro atoms. The van der Waals surface area contributed by atoms with Gasteiger partial charge in [-0.25, -0.2) is 4.68 Å². The van der Waals surface area contributed by atoms with Gasteiger partial charge < -0.3 is 5.32 Å². The molecule has 1 aromatic rings. The van der Waals surface area contributed by atoms with Crippen LogP contribution in [0.4, 0.5) is 5.69 Å². The normalized spacial score (nSPS) is 26.5. The molecule has 3 heterocycles. The molecule has 5 nitrogen and oxygen atoms in total. The second-order valence-electron chi connectivity index (χ2n) is 5.63. The van der Waals surface area contributed by atoms with Crippen molar-refractivity contribution in [1.29, 1.82) is 0 Å². The zero-order valence-corrected chi connectivity index (χ0v) is 12.6. The van der Waals surface area contributed by atoms with E-state index in [2.05, 4.69) is 15.3 Å². The van der Waals surface area contributed by atoms with Crippen LogP contribution in [0.2, 0.25) is 5.02 Å². The molecule has 2 aliphatic heterocycles. The van der Waals surface area contributed by atoms with Crippen molar-refractivity contribution in [2.24, 2.45) is 0 Å². The molecule has 0 amide bonds. The lowest BCUT2D eigenvalue weighted by Gasteiger charge is -2.33. The van der Waals surface area contributed by atoms with Crippen LogP contribution in [0, 0.1) is 0 Å². The van der Waals surface area contributed by atoms with E-state index in [0.29, 0.717) is 24.3 Å². The van der Waals surface area contributed by atoms with Crippen molar-refractivity contribution in [2.75, 3.05) is 18.4 Å². The van der Waals surface area contributed by atoms with E-state index >= 15 is 0 Å². The molecule has 1 N–H and O–H groups in total. The van der Waals surface area contributed by atoms with Crippen LogP contribution in [0.5, 0.6) is 0 Å². The molecule has 2 aliphatic rings. The number of hydrogen-bond donors (Lipinski definition) is 1. The topological polar surface area (TPSA) is 50.2 Å². The molecule has 2 unspecified atom stereocenters. The zero-order valence-electron chi connectivity index (χ0n) is 11.8. The summed E-state index contributed by atoms with van der Waals surface area (Å²) in [5.41, 5.74) is 0.469. The van der Waals surface area contributed by atoms with Gasteiger partial charge in [0, 0.05) is 25.2 Å². The fourth-order valence-corrected chi connectivity index (χ4v) is 3.61. The maximum absolute atomic E-state index is 12.0. The Morgan fingerprint density at radius 1 is 1.40 bits per heavy atom. The number of anilines is 1. The molecule has 110 valence electrons. The lowest BCUT2D eigenvalue weighted by molar-refractivity contribution is 0.192. The molecular formula is C14H21ClN4O. The average molecular weight is 297 g/mol. The van der Waals surface area contributed by atoms with E-state index in [9.17, 15) is 4.79 Å². The van der Waals surface area contributed by atoms with Gasteiger partial charge >= 0.3 is 0 Å². The number of halogens is 1. The molecule has 3 rings (SSSR count). The highest BCUT2D eigenvalue weighted by molar-refractivity contribution is 6.32. The number of nitrogens with zero attached hydrogens (tertiary/aromatic N) is 3. The predicted octanol–water partition coefficient (Wildman–Crippen LogP) is 1.96. The van der Waals surface area contributed by atoms with Gasteiger partial charge in [0.1, 0.15) is 5.02 Å². The van der Waals surface area contributed by atoms with Crippen molar-refractivity contribution in [3.63, 3.8) is 0 Å². The Balaban J connectivity index is 1.78. The summed E-state index contributed by atoms with van der Waals surface area (Å²) in [7, 11) is 0. The average Bonchev–Trinajstić information content (AvgIpc) is 2.88. The highest BCUT2D eigenvalue weighted by Gasteiger charge is 2.35. The lowest BCUT2D eigenvalue weighted by atomic mass is 9.99. The SMILES string of the molecule is CCn1ncc(NC2CCN3CCCCC23)c(Cl)c1=O. The summed E-state index contributed by atoms with van der Waals surface area (Å²) in [6.45, 7) is 4.76.